The van der Waals surface area contributed by atoms with E-state index < -0.39 is 0 Å². The maximum Gasteiger partial charge on any atom is -0.00469 e. The number of aryl methyl sites for hydroxylation is 1. The summed E-state index contributed by atoms with van der Waals surface area (Å²) in [6.45, 7) is 7.01. The van der Waals surface area contributed by atoms with Crippen LogP contribution in [0, 0.1) is 6.92 Å². The lowest BCUT2D eigenvalue weighted by atomic mass is 9.66. The zero-order valence-electron chi connectivity index (χ0n) is 28.9. The van der Waals surface area contributed by atoms with Gasteiger partial charge in [-0.2, -0.15) is 0 Å². The Morgan fingerprint density at radius 1 is 0.465 bits per heavy atom. The molecule has 0 bridgehead atoms. The highest BCUT2D eigenvalue weighted by atomic mass is 14.4. The minimum Gasteiger partial charge on any atom is -0.0654 e. The molecule has 0 amide bonds. The Kier molecular flexibility index (Phi) is 14.7. The van der Waals surface area contributed by atoms with Crippen LogP contribution in [0.2, 0.25) is 0 Å². The van der Waals surface area contributed by atoms with E-state index in [1.54, 1.807) is 11.1 Å². The molecule has 0 unspecified atom stereocenters. The summed E-state index contributed by atoms with van der Waals surface area (Å²) in [6.07, 6.45) is 36.7. The summed E-state index contributed by atoms with van der Waals surface area (Å²) in [6, 6.07) is 17.6. The van der Waals surface area contributed by atoms with E-state index >= 15 is 0 Å². The van der Waals surface area contributed by atoms with Gasteiger partial charge in [-0.3, -0.25) is 0 Å². The molecule has 2 fully saturated rings. The van der Waals surface area contributed by atoms with E-state index in [9.17, 15) is 0 Å². The van der Waals surface area contributed by atoms with Crippen LogP contribution in [0.5, 0.6) is 0 Å². The lowest BCUT2D eigenvalue weighted by Gasteiger charge is -2.39. The van der Waals surface area contributed by atoms with Crippen LogP contribution in [0.25, 0.3) is 11.1 Å². The van der Waals surface area contributed by atoms with E-state index in [2.05, 4.69) is 63.2 Å². The minimum absolute atomic E-state index is 0.429. The van der Waals surface area contributed by atoms with Crippen LogP contribution in [0.3, 0.4) is 0 Å². The number of rotatable bonds is 19. The van der Waals surface area contributed by atoms with E-state index in [1.807, 2.05) is 0 Å². The molecule has 0 radical (unpaired) electrons. The van der Waals surface area contributed by atoms with Gasteiger partial charge in [0.05, 0.1) is 0 Å². The van der Waals surface area contributed by atoms with E-state index in [0.717, 1.165) is 0 Å². The highest BCUT2D eigenvalue weighted by molar-refractivity contribution is 5.68. The molecule has 0 heterocycles. The van der Waals surface area contributed by atoms with Crippen molar-refractivity contribution >= 4 is 0 Å². The number of hydrogen-bond acceptors (Lipinski definition) is 0. The highest BCUT2D eigenvalue weighted by Gasteiger charge is 2.34. The maximum atomic E-state index is 2.60. The SMILES string of the molecule is CCCCCCCCCC1(c2ccc(-c3ccc(C4(CCCCCCCCC)CCCCC4)cc3C)cc2)CCCCC1. The van der Waals surface area contributed by atoms with Gasteiger partial charge in [0.2, 0.25) is 0 Å². The Balaban J connectivity index is 1.40. The van der Waals surface area contributed by atoms with Crippen molar-refractivity contribution in [3.8, 4) is 11.1 Å². The van der Waals surface area contributed by atoms with E-state index in [0.29, 0.717) is 10.8 Å². The number of unbranched alkanes of at least 4 members (excludes halogenated alkanes) is 12. The molecule has 2 aliphatic rings. The molecule has 0 heteroatoms. The third-order valence-electron chi connectivity index (χ3n) is 11.8. The Morgan fingerprint density at radius 3 is 1.35 bits per heavy atom. The number of hydrogen-bond donors (Lipinski definition) is 0. The van der Waals surface area contributed by atoms with Crippen molar-refractivity contribution in [3.63, 3.8) is 0 Å². The Hall–Kier alpha value is -1.56. The minimum atomic E-state index is 0.429. The zero-order chi connectivity index (χ0) is 30.2. The predicted octanol–water partition coefficient (Wildman–Crippen LogP) is 14.3. The fraction of sp³-hybridized carbons (Fsp3) is 0.721. The molecule has 240 valence electrons. The van der Waals surface area contributed by atoms with Gasteiger partial charge in [0, 0.05) is 0 Å². The zero-order valence-corrected chi connectivity index (χ0v) is 28.9. The molecule has 2 aromatic rings. The molecule has 0 atom stereocenters. The summed E-state index contributed by atoms with van der Waals surface area (Å²) >= 11 is 0. The van der Waals surface area contributed by atoms with Gasteiger partial charge in [-0.25, -0.2) is 0 Å². The fourth-order valence-corrected chi connectivity index (χ4v) is 8.98. The molecule has 0 spiro atoms. The first-order valence-corrected chi connectivity index (χ1v) is 19.3. The summed E-state index contributed by atoms with van der Waals surface area (Å²) in [5.74, 6) is 0. The lowest BCUT2D eigenvalue weighted by Crippen LogP contribution is -2.29. The molecule has 0 N–H and O–H groups in total. The molecule has 2 aliphatic carbocycles. The second-order valence-electron chi connectivity index (χ2n) is 15.0. The van der Waals surface area contributed by atoms with Crippen molar-refractivity contribution in [2.45, 2.75) is 199 Å². The van der Waals surface area contributed by atoms with Gasteiger partial charge in [-0.15, -0.1) is 0 Å². The van der Waals surface area contributed by atoms with E-state index in [-0.39, 0.29) is 0 Å². The van der Waals surface area contributed by atoms with Crippen molar-refractivity contribution in [2.75, 3.05) is 0 Å². The van der Waals surface area contributed by atoms with Crippen LogP contribution in [0.15, 0.2) is 42.5 Å². The molecule has 4 rings (SSSR count). The average Bonchev–Trinajstić information content (AvgIpc) is 3.05. The third kappa shape index (κ3) is 9.96. The van der Waals surface area contributed by atoms with Crippen molar-refractivity contribution in [1.29, 1.82) is 0 Å². The molecule has 2 saturated carbocycles. The normalized spacial score (nSPS) is 18.1. The first kappa shape index (κ1) is 34.3. The van der Waals surface area contributed by atoms with Gasteiger partial charge in [-0.05, 0) is 84.1 Å². The molecule has 0 aromatic heterocycles. The molecular weight excluding hydrogens is 516 g/mol. The third-order valence-corrected chi connectivity index (χ3v) is 11.8. The molecule has 0 saturated heterocycles. The van der Waals surface area contributed by atoms with Crippen molar-refractivity contribution in [2.24, 2.45) is 0 Å². The van der Waals surface area contributed by atoms with Gasteiger partial charge >= 0.3 is 0 Å². The summed E-state index contributed by atoms with van der Waals surface area (Å²) in [4.78, 5) is 0. The lowest BCUT2D eigenvalue weighted by molar-refractivity contribution is 0.265. The summed E-state index contributed by atoms with van der Waals surface area (Å²) in [5, 5.41) is 0. The Labute approximate surface area is 268 Å². The van der Waals surface area contributed by atoms with Crippen LogP contribution < -0.4 is 0 Å². The van der Waals surface area contributed by atoms with Gasteiger partial charge < -0.3 is 0 Å². The van der Waals surface area contributed by atoms with Gasteiger partial charge in [-0.1, -0.05) is 185 Å². The molecule has 2 aromatic carbocycles. The quantitative estimate of drug-likeness (QED) is 0.144. The number of benzene rings is 2. The van der Waals surface area contributed by atoms with Crippen molar-refractivity contribution in [3.05, 3.63) is 59.2 Å². The summed E-state index contributed by atoms with van der Waals surface area (Å²) in [5.41, 5.74) is 8.48. The van der Waals surface area contributed by atoms with Crippen LogP contribution in [0.1, 0.15) is 197 Å². The van der Waals surface area contributed by atoms with Crippen LogP contribution in [-0.2, 0) is 10.8 Å². The maximum absolute atomic E-state index is 2.60. The van der Waals surface area contributed by atoms with Crippen LogP contribution >= 0.6 is 0 Å². The molecule has 0 nitrogen and oxygen atoms in total. The predicted molar refractivity (Wildman–Crippen MR) is 191 cm³/mol. The van der Waals surface area contributed by atoms with E-state index in [1.165, 1.54) is 184 Å². The van der Waals surface area contributed by atoms with Gasteiger partial charge in [0.1, 0.15) is 0 Å². The standard InChI is InChI=1S/C43H68/c1-4-6-8-10-12-14-18-30-42(31-20-16-21-32-42)39-26-24-38(25-27-39)41-29-28-40(36-37(41)3)43(34-22-17-23-35-43)33-19-15-13-11-9-7-5-2/h24-29,36H,4-23,30-35H2,1-3H3. The monoisotopic (exact) mass is 585 g/mol. The van der Waals surface area contributed by atoms with Gasteiger partial charge in [0.15, 0.2) is 0 Å². The molecular formula is C43H68. The second-order valence-corrected chi connectivity index (χ2v) is 15.0. The Bertz CT molecular complexity index is 1010. The van der Waals surface area contributed by atoms with E-state index in [4.69, 9.17) is 0 Å². The fourth-order valence-electron chi connectivity index (χ4n) is 8.98. The second kappa shape index (κ2) is 18.4. The van der Waals surface area contributed by atoms with Crippen molar-refractivity contribution in [1.82, 2.24) is 0 Å². The van der Waals surface area contributed by atoms with Crippen molar-refractivity contribution < 1.29 is 0 Å². The Morgan fingerprint density at radius 2 is 0.884 bits per heavy atom. The topological polar surface area (TPSA) is 0 Å². The van der Waals surface area contributed by atoms with Gasteiger partial charge in [0.25, 0.3) is 0 Å². The van der Waals surface area contributed by atoms with Crippen LogP contribution in [-0.4, -0.2) is 0 Å². The smallest absolute Gasteiger partial charge is 0.00469 e. The average molecular weight is 585 g/mol. The summed E-state index contributed by atoms with van der Waals surface area (Å²) < 4.78 is 0. The largest absolute Gasteiger partial charge is 0.0654 e. The first-order chi connectivity index (χ1) is 21.1. The summed E-state index contributed by atoms with van der Waals surface area (Å²) in [7, 11) is 0. The molecule has 0 aliphatic heterocycles. The first-order valence-electron chi connectivity index (χ1n) is 19.3. The molecule has 43 heavy (non-hydrogen) atoms. The highest BCUT2D eigenvalue weighted by Crippen LogP contribution is 2.46. The van der Waals surface area contributed by atoms with Crippen LogP contribution in [0.4, 0.5) is 0 Å².